The zero-order chi connectivity index (χ0) is 19.8. The highest BCUT2D eigenvalue weighted by Gasteiger charge is 2.38. The summed E-state index contributed by atoms with van der Waals surface area (Å²) in [7, 11) is 0. The van der Waals surface area contributed by atoms with Crippen LogP contribution in [0.2, 0.25) is 0 Å². The Labute approximate surface area is 142 Å². The van der Waals surface area contributed by atoms with Crippen molar-refractivity contribution in [1.82, 2.24) is 5.32 Å². The molecule has 25 heavy (non-hydrogen) atoms. The summed E-state index contributed by atoms with van der Waals surface area (Å²) in [5.74, 6) is -0.981. The molecule has 1 rings (SSSR count). The molecule has 8 heteroatoms. The number of halogens is 6. The van der Waals surface area contributed by atoms with Gasteiger partial charge in [0.05, 0.1) is 11.1 Å². The number of nitrogens with one attached hydrogen (secondary N) is 1. The fourth-order valence-electron chi connectivity index (χ4n) is 2.84. The van der Waals surface area contributed by atoms with E-state index >= 15 is 0 Å². The summed E-state index contributed by atoms with van der Waals surface area (Å²) in [4.78, 5) is 12.3. The van der Waals surface area contributed by atoms with E-state index in [1.807, 2.05) is 20.8 Å². The largest absolute Gasteiger partial charge is 0.416 e. The number of amides is 1. The van der Waals surface area contributed by atoms with Crippen LogP contribution in [0.25, 0.3) is 0 Å². The standard InChI is InChI=1S/C17H21F6NO/c1-14(2,3)9-15(4,5)24-13(25)10-6-11(16(18,19)20)8-12(7-10)17(21,22)23/h6-8H,9H2,1-5H3,(H,24,25). The Hall–Kier alpha value is -1.73. The molecule has 1 aromatic carbocycles. The summed E-state index contributed by atoms with van der Waals surface area (Å²) in [6.07, 6.45) is -9.49. The fourth-order valence-corrected chi connectivity index (χ4v) is 2.84. The molecule has 0 radical (unpaired) electrons. The van der Waals surface area contributed by atoms with Gasteiger partial charge in [-0.3, -0.25) is 4.79 Å². The van der Waals surface area contributed by atoms with E-state index in [2.05, 4.69) is 5.32 Å². The van der Waals surface area contributed by atoms with Gasteiger partial charge in [0.15, 0.2) is 0 Å². The number of alkyl halides is 6. The van der Waals surface area contributed by atoms with Crippen molar-refractivity contribution in [3.05, 3.63) is 34.9 Å². The molecule has 0 aliphatic carbocycles. The second kappa shape index (κ2) is 6.53. The maximum atomic E-state index is 12.9. The predicted molar refractivity (Wildman–Crippen MR) is 82.1 cm³/mol. The van der Waals surface area contributed by atoms with Crippen molar-refractivity contribution in [2.24, 2.45) is 5.41 Å². The van der Waals surface area contributed by atoms with E-state index in [0.717, 1.165) is 0 Å². The van der Waals surface area contributed by atoms with Crippen molar-refractivity contribution < 1.29 is 31.1 Å². The minimum Gasteiger partial charge on any atom is -0.347 e. The number of rotatable bonds is 3. The highest BCUT2D eigenvalue weighted by Crippen LogP contribution is 2.36. The van der Waals surface area contributed by atoms with E-state index in [1.54, 1.807) is 13.8 Å². The maximum Gasteiger partial charge on any atom is 0.416 e. The molecule has 0 spiro atoms. The average molecular weight is 369 g/mol. The third kappa shape index (κ3) is 6.59. The van der Waals surface area contributed by atoms with Gasteiger partial charge in [-0.15, -0.1) is 0 Å². The Kier molecular flexibility index (Phi) is 5.57. The van der Waals surface area contributed by atoms with Crippen LogP contribution in [0.15, 0.2) is 18.2 Å². The van der Waals surface area contributed by atoms with Gasteiger partial charge in [0.1, 0.15) is 0 Å². The Bertz CT molecular complexity index is 606. The molecule has 0 bridgehead atoms. The van der Waals surface area contributed by atoms with Crippen LogP contribution in [-0.2, 0) is 12.4 Å². The molecule has 1 amide bonds. The van der Waals surface area contributed by atoms with Crippen LogP contribution in [0.5, 0.6) is 0 Å². The molecule has 0 aromatic heterocycles. The van der Waals surface area contributed by atoms with Crippen LogP contribution in [0.4, 0.5) is 26.3 Å². The molecule has 0 fully saturated rings. The maximum absolute atomic E-state index is 12.9. The number of hydrogen-bond acceptors (Lipinski definition) is 1. The Morgan fingerprint density at radius 1 is 0.840 bits per heavy atom. The van der Waals surface area contributed by atoms with E-state index in [4.69, 9.17) is 0 Å². The average Bonchev–Trinajstić information content (AvgIpc) is 2.32. The van der Waals surface area contributed by atoms with Crippen molar-refractivity contribution in [3.63, 3.8) is 0 Å². The quantitative estimate of drug-likeness (QED) is 0.684. The van der Waals surface area contributed by atoms with Crippen LogP contribution >= 0.6 is 0 Å². The highest BCUT2D eigenvalue weighted by molar-refractivity contribution is 5.95. The van der Waals surface area contributed by atoms with Gasteiger partial charge in [-0.2, -0.15) is 26.3 Å². The molecule has 0 aliphatic heterocycles. The van der Waals surface area contributed by atoms with Crippen LogP contribution < -0.4 is 5.32 Å². The van der Waals surface area contributed by atoms with Gasteiger partial charge in [0.25, 0.3) is 5.91 Å². The molecule has 0 unspecified atom stereocenters. The molecule has 1 N–H and O–H groups in total. The van der Waals surface area contributed by atoms with E-state index in [9.17, 15) is 31.1 Å². The second-order valence-electron chi connectivity index (χ2n) is 7.87. The summed E-state index contributed by atoms with van der Waals surface area (Å²) in [6, 6.07) is 0.854. The van der Waals surface area contributed by atoms with Crippen LogP contribution in [0.3, 0.4) is 0 Å². The molecular formula is C17H21F6NO. The zero-order valence-electron chi connectivity index (χ0n) is 14.6. The normalized spacial score (nSPS) is 13.7. The Morgan fingerprint density at radius 2 is 1.24 bits per heavy atom. The first-order valence-electron chi connectivity index (χ1n) is 7.53. The van der Waals surface area contributed by atoms with Crippen molar-refractivity contribution in [1.29, 1.82) is 0 Å². The van der Waals surface area contributed by atoms with Gasteiger partial charge in [-0.05, 0) is 43.9 Å². The first-order chi connectivity index (χ1) is 10.9. The van der Waals surface area contributed by atoms with E-state index in [1.165, 1.54) is 0 Å². The molecular weight excluding hydrogens is 348 g/mol. The number of carbonyl (C=O) groups is 1. The SMILES string of the molecule is CC(C)(C)CC(C)(C)NC(=O)c1cc(C(F)(F)F)cc(C(F)(F)F)c1. The lowest BCUT2D eigenvalue weighted by Crippen LogP contribution is -2.45. The zero-order valence-corrected chi connectivity index (χ0v) is 14.6. The summed E-state index contributed by atoms with van der Waals surface area (Å²) in [5, 5.41) is 2.51. The van der Waals surface area contributed by atoms with Crippen LogP contribution in [-0.4, -0.2) is 11.4 Å². The molecule has 2 nitrogen and oxygen atoms in total. The summed E-state index contributed by atoms with van der Waals surface area (Å²) < 4.78 is 77.2. The van der Waals surface area contributed by atoms with Gasteiger partial charge >= 0.3 is 12.4 Å². The van der Waals surface area contributed by atoms with Crippen molar-refractivity contribution in [2.75, 3.05) is 0 Å². The minimum atomic E-state index is -4.99. The van der Waals surface area contributed by atoms with Gasteiger partial charge in [-0.25, -0.2) is 0 Å². The van der Waals surface area contributed by atoms with E-state index in [0.29, 0.717) is 18.6 Å². The van der Waals surface area contributed by atoms with Crippen molar-refractivity contribution in [2.45, 2.75) is 58.9 Å². The molecule has 142 valence electrons. The Morgan fingerprint density at radius 3 is 1.56 bits per heavy atom. The first-order valence-corrected chi connectivity index (χ1v) is 7.53. The van der Waals surface area contributed by atoms with E-state index < -0.39 is 40.5 Å². The number of benzene rings is 1. The third-order valence-electron chi connectivity index (χ3n) is 3.27. The second-order valence-corrected chi connectivity index (χ2v) is 7.87. The molecule has 0 saturated carbocycles. The summed E-state index contributed by atoms with van der Waals surface area (Å²) in [5.41, 5.74) is -4.70. The van der Waals surface area contributed by atoms with Crippen LogP contribution in [0, 0.1) is 5.41 Å². The number of hydrogen-bond donors (Lipinski definition) is 1. The predicted octanol–water partition coefficient (Wildman–Crippen LogP) is 5.67. The van der Waals surface area contributed by atoms with Gasteiger partial charge in [-0.1, -0.05) is 20.8 Å². The Balaban J connectivity index is 3.25. The molecule has 0 aliphatic rings. The van der Waals surface area contributed by atoms with Gasteiger partial charge in [0, 0.05) is 11.1 Å². The smallest absolute Gasteiger partial charge is 0.347 e. The molecule has 0 saturated heterocycles. The molecule has 1 aromatic rings. The summed E-state index contributed by atoms with van der Waals surface area (Å²) in [6.45, 7) is 9.05. The summed E-state index contributed by atoms with van der Waals surface area (Å²) >= 11 is 0. The lowest BCUT2D eigenvalue weighted by atomic mass is 9.81. The van der Waals surface area contributed by atoms with Gasteiger partial charge < -0.3 is 5.32 Å². The molecule has 0 atom stereocenters. The van der Waals surface area contributed by atoms with Gasteiger partial charge in [0.2, 0.25) is 0 Å². The topological polar surface area (TPSA) is 29.1 Å². The molecule has 0 heterocycles. The highest BCUT2D eigenvalue weighted by atomic mass is 19.4. The first kappa shape index (κ1) is 21.3. The third-order valence-corrected chi connectivity index (χ3v) is 3.27. The lowest BCUT2D eigenvalue weighted by molar-refractivity contribution is -0.143. The van der Waals surface area contributed by atoms with Crippen molar-refractivity contribution in [3.8, 4) is 0 Å². The minimum absolute atomic E-state index is 0.00290. The number of carbonyl (C=O) groups excluding carboxylic acids is 1. The monoisotopic (exact) mass is 369 g/mol. The lowest BCUT2D eigenvalue weighted by Gasteiger charge is -2.33. The fraction of sp³-hybridized carbons (Fsp3) is 0.588. The van der Waals surface area contributed by atoms with E-state index in [-0.39, 0.29) is 11.5 Å². The van der Waals surface area contributed by atoms with Crippen molar-refractivity contribution >= 4 is 5.91 Å². The van der Waals surface area contributed by atoms with Crippen LogP contribution in [0.1, 0.15) is 62.5 Å².